The van der Waals surface area contributed by atoms with Crippen molar-refractivity contribution in [2.75, 3.05) is 6.61 Å². The molecule has 0 unspecified atom stereocenters. The fourth-order valence-electron chi connectivity index (χ4n) is 2.96. The Morgan fingerprint density at radius 1 is 1.03 bits per heavy atom. The summed E-state index contributed by atoms with van der Waals surface area (Å²) in [7, 11) is 0. The minimum Gasteiger partial charge on any atom is -0.462 e. The molecule has 0 bridgehead atoms. The summed E-state index contributed by atoms with van der Waals surface area (Å²) in [4.78, 5) is 36.5. The number of aryl methyl sites for hydroxylation is 1. The zero-order chi connectivity index (χ0) is 21.8. The topological polar surface area (TPSA) is 89.4 Å². The van der Waals surface area contributed by atoms with Crippen molar-refractivity contribution in [1.29, 1.82) is 0 Å². The summed E-state index contributed by atoms with van der Waals surface area (Å²) < 4.78 is 6.73. The van der Waals surface area contributed by atoms with Gasteiger partial charge in [-0.1, -0.05) is 32.9 Å². The summed E-state index contributed by atoms with van der Waals surface area (Å²) in [5.74, 6) is -1.21. The zero-order valence-corrected chi connectivity index (χ0v) is 17.9. The number of benzene rings is 1. The maximum absolute atomic E-state index is 12.3. The van der Waals surface area contributed by atoms with Crippen molar-refractivity contribution in [1.82, 2.24) is 15.4 Å². The van der Waals surface area contributed by atoms with Gasteiger partial charge in [0.1, 0.15) is 6.54 Å². The summed E-state index contributed by atoms with van der Waals surface area (Å²) in [5, 5.41) is 0. The first kappa shape index (κ1) is 22.2. The van der Waals surface area contributed by atoms with Gasteiger partial charge in [-0.15, -0.1) is 0 Å². The predicted octanol–water partition coefficient (Wildman–Crippen LogP) is 3.04. The van der Waals surface area contributed by atoms with E-state index in [0.717, 1.165) is 11.3 Å². The molecular formula is C22H29N3O4. The van der Waals surface area contributed by atoms with E-state index in [0.29, 0.717) is 16.8 Å². The van der Waals surface area contributed by atoms with E-state index in [-0.39, 0.29) is 18.6 Å². The zero-order valence-electron chi connectivity index (χ0n) is 17.9. The largest absolute Gasteiger partial charge is 0.462 e. The van der Waals surface area contributed by atoms with E-state index in [2.05, 4.69) is 31.6 Å². The number of esters is 1. The number of nitrogens with zero attached hydrogens (tertiary/aromatic N) is 1. The van der Waals surface area contributed by atoms with Crippen LogP contribution in [0.5, 0.6) is 0 Å². The number of hydrogen-bond acceptors (Lipinski definition) is 4. The van der Waals surface area contributed by atoms with Gasteiger partial charge in [0.15, 0.2) is 0 Å². The molecule has 0 radical (unpaired) electrons. The summed E-state index contributed by atoms with van der Waals surface area (Å²) in [5.41, 5.74) is 8.24. The minimum atomic E-state index is -0.417. The maximum Gasteiger partial charge on any atom is 0.339 e. The Morgan fingerprint density at radius 3 is 2.21 bits per heavy atom. The molecule has 1 aromatic heterocycles. The van der Waals surface area contributed by atoms with Crippen molar-refractivity contribution in [3.63, 3.8) is 0 Å². The number of aromatic nitrogens is 1. The number of hydrazine groups is 1. The molecule has 1 heterocycles. The molecule has 0 fully saturated rings. The van der Waals surface area contributed by atoms with E-state index >= 15 is 0 Å². The molecule has 2 aromatic rings. The van der Waals surface area contributed by atoms with Gasteiger partial charge >= 0.3 is 5.97 Å². The first-order valence-corrected chi connectivity index (χ1v) is 9.58. The molecule has 2 N–H and O–H groups in total. The number of carbonyl (C=O) groups is 3. The lowest BCUT2D eigenvalue weighted by molar-refractivity contribution is -0.122. The Bertz CT molecular complexity index is 905. The van der Waals surface area contributed by atoms with Crippen LogP contribution in [0.3, 0.4) is 0 Å². The van der Waals surface area contributed by atoms with Gasteiger partial charge in [0.05, 0.1) is 12.2 Å². The Kier molecular flexibility index (Phi) is 6.84. The van der Waals surface area contributed by atoms with Crippen LogP contribution >= 0.6 is 0 Å². The smallest absolute Gasteiger partial charge is 0.339 e. The third-order valence-electron chi connectivity index (χ3n) is 4.70. The average Bonchev–Trinajstić information content (AvgIpc) is 2.94. The molecule has 1 aromatic carbocycles. The van der Waals surface area contributed by atoms with Crippen LogP contribution in [0.15, 0.2) is 30.3 Å². The highest BCUT2D eigenvalue weighted by atomic mass is 16.5. The lowest BCUT2D eigenvalue weighted by Crippen LogP contribution is -2.43. The van der Waals surface area contributed by atoms with Crippen molar-refractivity contribution in [3.05, 3.63) is 58.4 Å². The van der Waals surface area contributed by atoms with Crippen molar-refractivity contribution in [2.45, 2.75) is 53.5 Å². The minimum absolute atomic E-state index is 0.00187. The van der Waals surface area contributed by atoms with Crippen LogP contribution in [0.1, 0.15) is 65.4 Å². The molecule has 0 saturated carbocycles. The molecule has 29 heavy (non-hydrogen) atoms. The molecular weight excluding hydrogens is 370 g/mol. The van der Waals surface area contributed by atoms with Crippen LogP contribution in [0.2, 0.25) is 0 Å². The average molecular weight is 399 g/mol. The fraction of sp³-hybridized carbons (Fsp3) is 0.409. The predicted molar refractivity (Wildman–Crippen MR) is 111 cm³/mol. The van der Waals surface area contributed by atoms with Crippen LogP contribution in [-0.4, -0.2) is 29.0 Å². The van der Waals surface area contributed by atoms with Gasteiger partial charge in [0.2, 0.25) is 0 Å². The molecule has 0 saturated heterocycles. The van der Waals surface area contributed by atoms with E-state index in [1.807, 2.05) is 12.1 Å². The molecule has 0 spiro atoms. The van der Waals surface area contributed by atoms with E-state index in [4.69, 9.17) is 4.74 Å². The molecule has 7 heteroatoms. The number of ether oxygens (including phenoxy) is 1. The summed E-state index contributed by atoms with van der Waals surface area (Å²) >= 11 is 0. The second-order valence-electron chi connectivity index (χ2n) is 7.92. The third kappa shape index (κ3) is 5.47. The quantitative estimate of drug-likeness (QED) is 0.597. The molecule has 0 aliphatic rings. The second kappa shape index (κ2) is 8.94. The van der Waals surface area contributed by atoms with Crippen molar-refractivity contribution in [2.24, 2.45) is 0 Å². The normalized spacial score (nSPS) is 11.1. The van der Waals surface area contributed by atoms with Gasteiger partial charge in [-0.3, -0.25) is 20.4 Å². The molecule has 2 rings (SSSR count). The van der Waals surface area contributed by atoms with Gasteiger partial charge in [0.25, 0.3) is 11.8 Å². The monoisotopic (exact) mass is 399 g/mol. The van der Waals surface area contributed by atoms with Gasteiger partial charge in [-0.2, -0.15) is 0 Å². The van der Waals surface area contributed by atoms with Gasteiger partial charge in [-0.25, -0.2) is 4.79 Å². The van der Waals surface area contributed by atoms with Crippen LogP contribution < -0.4 is 10.9 Å². The highest BCUT2D eigenvalue weighted by Gasteiger charge is 2.19. The standard InChI is InChI=1S/C22H29N3O4/c1-7-29-21(28)18-12-14(2)25(15(18)3)13-19(26)23-24-20(27)16-8-10-17(11-9-16)22(4,5)6/h8-12H,7,13H2,1-6H3,(H,23,26)(H,24,27). The Balaban J connectivity index is 1.98. The van der Waals surface area contributed by atoms with E-state index < -0.39 is 17.8 Å². The number of carbonyl (C=O) groups excluding carboxylic acids is 3. The Labute approximate surface area is 171 Å². The summed E-state index contributed by atoms with van der Waals surface area (Å²) in [6.45, 7) is 11.8. The third-order valence-corrected chi connectivity index (χ3v) is 4.70. The molecule has 7 nitrogen and oxygen atoms in total. The van der Waals surface area contributed by atoms with Gasteiger partial charge in [-0.05, 0) is 49.9 Å². The molecule has 0 aliphatic carbocycles. The highest BCUT2D eigenvalue weighted by Crippen LogP contribution is 2.22. The highest BCUT2D eigenvalue weighted by molar-refractivity contribution is 5.95. The lowest BCUT2D eigenvalue weighted by atomic mass is 9.87. The summed E-state index contributed by atoms with van der Waals surface area (Å²) in [6, 6.07) is 8.96. The SMILES string of the molecule is CCOC(=O)c1cc(C)n(CC(=O)NNC(=O)c2ccc(C(C)(C)C)cc2)c1C. The first-order chi connectivity index (χ1) is 13.5. The fourth-order valence-corrected chi connectivity index (χ4v) is 2.96. The number of hydrogen-bond donors (Lipinski definition) is 2. The van der Waals surface area contributed by atoms with E-state index in [1.165, 1.54) is 0 Å². The Morgan fingerprint density at radius 2 is 1.66 bits per heavy atom. The van der Waals surface area contributed by atoms with Crippen LogP contribution in [0.4, 0.5) is 0 Å². The second-order valence-corrected chi connectivity index (χ2v) is 7.92. The van der Waals surface area contributed by atoms with Crippen LogP contribution in [0, 0.1) is 13.8 Å². The number of rotatable bonds is 5. The molecule has 156 valence electrons. The number of nitrogens with one attached hydrogen (secondary N) is 2. The number of amides is 2. The van der Waals surface area contributed by atoms with Crippen molar-refractivity contribution in [3.8, 4) is 0 Å². The maximum atomic E-state index is 12.3. The Hall–Kier alpha value is -3.09. The van der Waals surface area contributed by atoms with E-state index in [9.17, 15) is 14.4 Å². The van der Waals surface area contributed by atoms with E-state index in [1.54, 1.807) is 43.5 Å². The molecule has 2 amide bonds. The molecule has 0 aliphatic heterocycles. The van der Waals surface area contributed by atoms with Crippen LogP contribution in [-0.2, 0) is 21.5 Å². The van der Waals surface area contributed by atoms with Crippen LogP contribution in [0.25, 0.3) is 0 Å². The summed E-state index contributed by atoms with van der Waals surface area (Å²) in [6.07, 6.45) is 0. The van der Waals surface area contributed by atoms with Gasteiger partial charge < -0.3 is 9.30 Å². The molecule has 0 atom stereocenters. The van der Waals surface area contributed by atoms with Crippen molar-refractivity contribution >= 4 is 17.8 Å². The lowest BCUT2D eigenvalue weighted by Gasteiger charge is -2.19. The first-order valence-electron chi connectivity index (χ1n) is 9.58. The van der Waals surface area contributed by atoms with Gasteiger partial charge in [0, 0.05) is 17.0 Å². The van der Waals surface area contributed by atoms with Crippen molar-refractivity contribution < 1.29 is 19.1 Å².